The Labute approximate surface area is 380 Å². The molecular weight excluding hydrogens is 736 g/mol. The third-order valence-corrected chi connectivity index (χ3v) is 11.1. The molecule has 0 spiro atoms. The molecule has 1 aromatic carbocycles. The quantitative estimate of drug-likeness (QED) is 0.0214. The molecule has 0 aliphatic carbocycles. The molecule has 0 aliphatic heterocycles. The fourth-order valence-corrected chi connectivity index (χ4v) is 7.39. The predicted molar refractivity (Wildman–Crippen MR) is 223 cm³/mol. The molecule has 0 aromatic heterocycles. The molecule has 7 nitrogen and oxygen atoms in total. The van der Waals surface area contributed by atoms with Crippen molar-refractivity contribution in [3.63, 3.8) is 0 Å². The van der Waals surface area contributed by atoms with E-state index in [2.05, 4.69) is 13.2 Å². The number of ether oxygens (including phenoxy) is 2. The van der Waals surface area contributed by atoms with Gasteiger partial charge in [-0.25, -0.2) is 18.0 Å². The van der Waals surface area contributed by atoms with E-state index in [4.69, 9.17) is 9.47 Å². The molecule has 0 saturated carbocycles. The monoisotopic (exact) mass is 813 g/mol. The van der Waals surface area contributed by atoms with Crippen molar-refractivity contribution in [2.45, 2.75) is 210 Å². The van der Waals surface area contributed by atoms with Crippen LogP contribution in [0.3, 0.4) is 0 Å². The largest absolute Gasteiger partial charge is 1.00 e. The average Bonchev–Trinajstić information content (AvgIpc) is 3.16. The Bertz CT molecular complexity index is 1220. The van der Waals surface area contributed by atoms with Crippen LogP contribution >= 0.6 is 0 Å². The van der Waals surface area contributed by atoms with Crippen LogP contribution in [0.25, 0.3) is 0 Å². The number of hydrogen-bond acceptors (Lipinski definition) is 7. The van der Waals surface area contributed by atoms with Crippen molar-refractivity contribution in [2.75, 3.05) is 13.2 Å². The van der Waals surface area contributed by atoms with E-state index in [0.29, 0.717) is 12.8 Å². The second-order valence-corrected chi connectivity index (χ2v) is 16.6. The van der Waals surface area contributed by atoms with Gasteiger partial charge in [0.15, 0.2) is 0 Å². The Hall–Kier alpha value is -0.814. The number of unbranched alkanes of at least 4 members (excludes halogenated alkanes) is 30. The van der Waals surface area contributed by atoms with Gasteiger partial charge in [-0.05, 0) is 56.7 Å². The van der Waals surface area contributed by atoms with Gasteiger partial charge < -0.3 is 14.0 Å². The van der Waals surface area contributed by atoms with Crippen molar-refractivity contribution in [3.05, 3.63) is 54.6 Å². The molecule has 1 rings (SSSR count). The van der Waals surface area contributed by atoms with Crippen LogP contribution in [0.4, 0.5) is 0 Å². The van der Waals surface area contributed by atoms with E-state index in [0.717, 1.165) is 63.5 Å². The van der Waals surface area contributed by atoms with Crippen molar-refractivity contribution < 1.29 is 83.4 Å². The first-order chi connectivity index (χ1) is 26.3. The van der Waals surface area contributed by atoms with Gasteiger partial charge in [0.05, 0.1) is 29.2 Å². The normalized spacial score (nSPS) is 11.2. The summed E-state index contributed by atoms with van der Waals surface area (Å²) in [6, 6.07) is 3.14. The first-order valence-corrected chi connectivity index (χ1v) is 23.4. The third-order valence-electron chi connectivity index (χ3n) is 10.3. The van der Waals surface area contributed by atoms with Crippen LogP contribution in [0, 0.1) is 0 Å². The zero-order chi connectivity index (χ0) is 39.4. The topological polar surface area (TPSA) is 110 Å². The fraction of sp³-hybridized carbons (Fsp3) is 0.739. The van der Waals surface area contributed by atoms with Gasteiger partial charge in [0, 0.05) is 0 Å². The maximum absolute atomic E-state index is 12.9. The Morgan fingerprint density at radius 1 is 0.473 bits per heavy atom. The van der Waals surface area contributed by atoms with Gasteiger partial charge in [-0.3, -0.25) is 0 Å². The molecule has 0 bridgehead atoms. The summed E-state index contributed by atoms with van der Waals surface area (Å²) in [6.07, 6.45) is 42.9. The Balaban J connectivity index is 0.0000292. The summed E-state index contributed by atoms with van der Waals surface area (Å²) in [4.78, 5) is 25.2. The molecule has 0 amide bonds. The first kappa shape index (κ1) is 54.2. The van der Waals surface area contributed by atoms with Crippen LogP contribution < -0.4 is 51.4 Å². The van der Waals surface area contributed by atoms with E-state index in [1.807, 2.05) is 12.2 Å². The molecule has 9 heteroatoms. The van der Waals surface area contributed by atoms with E-state index >= 15 is 0 Å². The van der Waals surface area contributed by atoms with E-state index in [1.165, 1.54) is 147 Å². The van der Waals surface area contributed by atoms with E-state index in [-0.39, 0.29) is 75.7 Å². The number of carbonyl (C=O) groups excluding carboxylic acids is 2. The number of benzene rings is 1. The summed E-state index contributed by atoms with van der Waals surface area (Å²) < 4.78 is 45.8. The molecule has 0 heterocycles. The molecule has 0 unspecified atom stereocenters. The Morgan fingerprint density at radius 3 is 1.04 bits per heavy atom. The van der Waals surface area contributed by atoms with E-state index < -0.39 is 27.0 Å². The third kappa shape index (κ3) is 31.8. The molecule has 0 radical (unpaired) electrons. The van der Waals surface area contributed by atoms with Crippen LogP contribution in [-0.2, 0) is 19.6 Å². The van der Waals surface area contributed by atoms with Gasteiger partial charge in [-0.2, -0.15) is 0 Å². The minimum Gasteiger partial charge on any atom is -0.744 e. The molecule has 0 N–H and O–H groups in total. The average molecular weight is 813 g/mol. The summed E-state index contributed by atoms with van der Waals surface area (Å²) in [7, 11) is -4.82. The van der Waals surface area contributed by atoms with Gasteiger partial charge in [0.2, 0.25) is 0 Å². The minimum absolute atomic E-state index is 0. The van der Waals surface area contributed by atoms with Crippen molar-refractivity contribution in [3.8, 4) is 0 Å². The fourth-order valence-electron chi connectivity index (χ4n) is 6.89. The van der Waals surface area contributed by atoms with Crippen molar-refractivity contribution in [1.29, 1.82) is 0 Å². The smallest absolute Gasteiger partial charge is 0.744 e. The van der Waals surface area contributed by atoms with Gasteiger partial charge in [0.1, 0.15) is 10.1 Å². The number of esters is 2. The Kier molecular flexibility index (Phi) is 38.1. The van der Waals surface area contributed by atoms with E-state index in [9.17, 15) is 22.6 Å². The predicted octanol–water partition coefficient (Wildman–Crippen LogP) is 10.8. The number of carbonyl (C=O) groups is 2. The van der Waals surface area contributed by atoms with E-state index in [1.54, 1.807) is 0 Å². The van der Waals surface area contributed by atoms with Crippen LogP contribution in [0.15, 0.2) is 48.4 Å². The molecule has 0 saturated heterocycles. The molecule has 0 atom stereocenters. The summed E-state index contributed by atoms with van der Waals surface area (Å²) in [6.45, 7) is 7.92. The first-order valence-electron chi connectivity index (χ1n) is 22.0. The zero-order valence-corrected chi connectivity index (χ0v) is 39.0. The van der Waals surface area contributed by atoms with Crippen molar-refractivity contribution >= 4 is 22.1 Å². The van der Waals surface area contributed by atoms with Gasteiger partial charge >= 0.3 is 63.3 Å². The van der Waals surface area contributed by atoms with Gasteiger partial charge in [-0.1, -0.05) is 179 Å². The maximum atomic E-state index is 12.9. The summed E-state index contributed by atoms with van der Waals surface area (Å²) in [5.41, 5.74) is -0.338. The molecule has 55 heavy (non-hydrogen) atoms. The van der Waals surface area contributed by atoms with Crippen LogP contribution in [0.1, 0.15) is 226 Å². The standard InChI is InChI=1S/C46H78O7S.K/c1-3-5-7-9-11-13-15-17-19-21-23-25-27-29-31-33-35-39-52-45(47)43-38-37-42(54(49,50)51)41-44(43)46(48)53-40-36-34-32-30-28-26-24-22-20-18-16-14-12-10-8-6-4-2;/h3-4,37-38,41H,1-2,5-36,39-40H2,(H,49,50,51);/q;+1/p-1. The van der Waals surface area contributed by atoms with Crippen LogP contribution in [0.2, 0.25) is 0 Å². The second kappa shape index (κ2) is 38.7. The van der Waals surface area contributed by atoms with Gasteiger partial charge in [-0.15, -0.1) is 13.2 Å². The number of hydrogen-bond donors (Lipinski definition) is 0. The number of allylic oxidation sites excluding steroid dienone is 2. The molecule has 1 aromatic rings. The van der Waals surface area contributed by atoms with Crippen molar-refractivity contribution in [1.82, 2.24) is 0 Å². The zero-order valence-electron chi connectivity index (χ0n) is 35.1. The van der Waals surface area contributed by atoms with Gasteiger partial charge in [0.25, 0.3) is 0 Å². The summed E-state index contributed by atoms with van der Waals surface area (Å²) in [5, 5.41) is 0. The molecular formula is C46H77KO7S. The second-order valence-electron chi connectivity index (χ2n) is 15.2. The SMILES string of the molecule is C=CCCCCCCCCCCCCCCCCCOC(=O)c1ccc(S(=O)(=O)[O-])cc1C(=O)OCCCCCCCCCCCCCCCCCC=C.[K+]. The van der Waals surface area contributed by atoms with Crippen LogP contribution in [-0.4, -0.2) is 38.1 Å². The Morgan fingerprint density at radius 2 is 0.745 bits per heavy atom. The number of rotatable bonds is 39. The minimum atomic E-state index is -4.82. The summed E-state index contributed by atoms with van der Waals surface area (Å²) in [5.74, 6) is -1.55. The molecule has 310 valence electrons. The molecule has 0 aliphatic rings. The molecule has 0 fully saturated rings. The maximum Gasteiger partial charge on any atom is 1.00 e. The summed E-state index contributed by atoms with van der Waals surface area (Å²) >= 11 is 0. The van der Waals surface area contributed by atoms with Crippen molar-refractivity contribution in [2.24, 2.45) is 0 Å². The van der Waals surface area contributed by atoms with Crippen LogP contribution in [0.5, 0.6) is 0 Å².